The molecule has 1 heterocycles. The highest BCUT2D eigenvalue weighted by Crippen LogP contribution is 2.17. The van der Waals surface area contributed by atoms with Crippen LogP contribution in [-0.2, 0) is 4.79 Å². The van der Waals surface area contributed by atoms with Crippen LogP contribution in [0.5, 0.6) is 5.75 Å². The maximum atomic E-state index is 12.4. The highest BCUT2D eigenvalue weighted by molar-refractivity contribution is 5.94. The molecule has 0 saturated carbocycles. The first kappa shape index (κ1) is 18.5. The Bertz CT molecular complexity index is 530. The van der Waals surface area contributed by atoms with Crippen LogP contribution in [0.2, 0.25) is 0 Å². The Labute approximate surface area is 137 Å². The molecule has 0 spiro atoms. The van der Waals surface area contributed by atoms with E-state index in [2.05, 4.69) is 5.32 Å². The van der Waals surface area contributed by atoms with Crippen molar-refractivity contribution in [3.05, 3.63) is 29.8 Å². The number of amides is 1. The molecule has 1 N–H and O–H groups in total. The van der Waals surface area contributed by atoms with Crippen LogP contribution in [0.3, 0.4) is 0 Å². The van der Waals surface area contributed by atoms with E-state index in [1.165, 1.54) is 6.92 Å². The zero-order chi connectivity index (χ0) is 15.4. The van der Waals surface area contributed by atoms with Gasteiger partial charge in [-0.25, -0.2) is 0 Å². The molecular weight excluding hydrogens is 304 g/mol. The molecule has 2 atom stereocenters. The molecular formula is C16H23ClN2O3. The summed E-state index contributed by atoms with van der Waals surface area (Å²) in [6.45, 7) is 5.02. The minimum absolute atomic E-state index is 0. The van der Waals surface area contributed by atoms with Crippen molar-refractivity contribution in [2.45, 2.75) is 32.4 Å². The summed E-state index contributed by atoms with van der Waals surface area (Å²) >= 11 is 0. The molecule has 0 aromatic heterocycles. The summed E-state index contributed by atoms with van der Waals surface area (Å²) in [5, 5.41) is 3.24. The number of halogens is 1. The SMILES string of the molecule is CC(=O)c1cccc(OC(C)C(=O)N(C)C2CCNC2)c1.Cl. The molecule has 1 aromatic carbocycles. The van der Waals surface area contributed by atoms with E-state index in [4.69, 9.17) is 4.74 Å². The van der Waals surface area contributed by atoms with Crippen molar-refractivity contribution < 1.29 is 14.3 Å². The van der Waals surface area contributed by atoms with Gasteiger partial charge in [-0.2, -0.15) is 0 Å². The molecule has 0 bridgehead atoms. The summed E-state index contributed by atoms with van der Waals surface area (Å²) in [6.07, 6.45) is 0.396. The van der Waals surface area contributed by atoms with Gasteiger partial charge in [-0.05, 0) is 38.9 Å². The number of ketones is 1. The van der Waals surface area contributed by atoms with Crippen LogP contribution in [0.15, 0.2) is 24.3 Å². The molecule has 1 saturated heterocycles. The first-order valence-corrected chi connectivity index (χ1v) is 7.24. The minimum atomic E-state index is -0.571. The number of carbonyl (C=O) groups is 2. The molecule has 2 rings (SSSR count). The highest BCUT2D eigenvalue weighted by Gasteiger charge is 2.27. The molecule has 1 amide bonds. The van der Waals surface area contributed by atoms with E-state index >= 15 is 0 Å². The van der Waals surface area contributed by atoms with E-state index < -0.39 is 6.10 Å². The fraction of sp³-hybridized carbons (Fsp3) is 0.500. The fourth-order valence-electron chi connectivity index (χ4n) is 2.48. The number of carbonyl (C=O) groups excluding carboxylic acids is 2. The standard InChI is InChI=1S/C16H22N2O3.ClH/c1-11(19)13-5-4-6-15(9-13)21-12(2)16(20)18(3)14-7-8-17-10-14;/h4-6,9,12,14,17H,7-8,10H2,1-3H3;1H. The number of nitrogens with one attached hydrogen (secondary N) is 1. The Hall–Kier alpha value is -1.59. The number of Topliss-reactive ketones (excluding diaryl/α,β-unsaturated/α-hetero) is 1. The van der Waals surface area contributed by atoms with Crippen LogP contribution in [0, 0.1) is 0 Å². The zero-order valence-corrected chi connectivity index (χ0v) is 14.0. The van der Waals surface area contributed by atoms with Gasteiger partial charge in [-0.1, -0.05) is 12.1 Å². The van der Waals surface area contributed by atoms with E-state index in [1.807, 2.05) is 7.05 Å². The Morgan fingerprint density at radius 3 is 2.73 bits per heavy atom. The molecule has 1 fully saturated rings. The van der Waals surface area contributed by atoms with E-state index in [0.29, 0.717) is 11.3 Å². The molecule has 122 valence electrons. The van der Waals surface area contributed by atoms with Gasteiger partial charge in [0.15, 0.2) is 11.9 Å². The number of hydrogen-bond donors (Lipinski definition) is 1. The molecule has 1 aliphatic heterocycles. The van der Waals surface area contributed by atoms with Gasteiger partial charge in [-0.3, -0.25) is 9.59 Å². The summed E-state index contributed by atoms with van der Waals surface area (Å²) in [5.41, 5.74) is 0.584. The smallest absolute Gasteiger partial charge is 0.263 e. The molecule has 0 aliphatic carbocycles. The Morgan fingerprint density at radius 2 is 2.14 bits per heavy atom. The van der Waals surface area contributed by atoms with Crippen molar-refractivity contribution in [3.63, 3.8) is 0 Å². The third-order valence-electron chi connectivity index (χ3n) is 3.83. The lowest BCUT2D eigenvalue weighted by molar-refractivity contribution is -0.138. The number of hydrogen-bond acceptors (Lipinski definition) is 4. The second-order valence-corrected chi connectivity index (χ2v) is 5.44. The predicted molar refractivity (Wildman–Crippen MR) is 87.8 cm³/mol. The van der Waals surface area contributed by atoms with Crippen LogP contribution in [0.25, 0.3) is 0 Å². The summed E-state index contributed by atoms with van der Waals surface area (Å²) in [4.78, 5) is 25.5. The average molecular weight is 327 g/mol. The number of ether oxygens (including phenoxy) is 1. The molecule has 5 nitrogen and oxygen atoms in total. The van der Waals surface area contributed by atoms with E-state index in [-0.39, 0.29) is 30.1 Å². The van der Waals surface area contributed by atoms with Crippen molar-refractivity contribution in [1.82, 2.24) is 10.2 Å². The summed E-state index contributed by atoms with van der Waals surface area (Å²) in [5.74, 6) is 0.479. The average Bonchev–Trinajstić information content (AvgIpc) is 3.00. The van der Waals surface area contributed by atoms with Gasteiger partial charge >= 0.3 is 0 Å². The van der Waals surface area contributed by atoms with Crippen LogP contribution in [-0.4, -0.2) is 48.9 Å². The lowest BCUT2D eigenvalue weighted by atomic mass is 10.1. The molecule has 0 radical (unpaired) electrons. The molecule has 2 unspecified atom stereocenters. The van der Waals surface area contributed by atoms with Gasteiger partial charge in [0.1, 0.15) is 5.75 Å². The highest BCUT2D eigenvalue weighted by atomic mass is 35.5. The number of rotatable bonds is 5. The predicted octanol–water partition coefficient (Wildman–Crippen LogP) is 1.90. The molecule has 6 heteroatoms. The second kappa shape index (κ2) is 8.15. The van der Waals surface area contributed by atoms with Crippen molar-refractivity contribution in [1.29, 1.82) is 0 Å². The van der Waals surface area contributed by atoms with Gasteiger partial charge in [0.05, 0.1) is 0 Å². The molecule has 22 heavy (non-hydrogen) atoms. The van der Waals surface area contributed by atoms with Crippen molar-refractivity contribution in [2.75, 3.05) is 20.1 Å². The Balaban J connectivity index is 0.00000242. The number of likely N-dealkylation sites (N-methyl/N-ethyl adjacent to an activating group) is 1. The maximum Gasteiger partial charge on any atom is 0.263 e. The third kappa shape index (κ3) is 4.45. The van der Waals surface area contributed by atoms with E-state index in [1.54, 1.807) is 36.1 Å². The molecule has 1 aliphatic rings. The molecule has 1 aromatic rings. The first-order valence-electron chi connectivity index (χ1n) is 7.24. The van der Waals surface area contributed by atoms with Gasteiger partial charge in [0.25, 0.3) is 5.91 Å². The number of benzene rings is 1. The summed E-state index contributed by atoms with van der Waals surface area (Å²) in [7, 11) is 1.81. The van der Waals surface area contributed by atoms with Crippen LogP contribution < -0.4 is 10.1 Å². The Morgan fingerprint density at radius 1 is 1.41 bits per heavy atom. The normalized spacial score (nSPS) is 18.2. The van der Waals surface area contributed by atoms with Crippen LogP contribution >= 0.6 is 12.4 Å². The zero-order valence-electron chi connectivity index (χ0n) is 13.2. The first-order chi connectivity index (χ1) is 9.99. The third-order valence-corrected chi connectivity index (χ3v) is 3.83. The largest absolute Gasteiger partial charge is 0.481 e. The van der Waals surface area contributed by atoms with Crippen molar-refractivity contribution in [3.8, 4) is 5.75 Å². The van der Waals surface area contributed by atoms with Gasteiger partial charge < -0.3 is 15.0 Å². The van der Waals surface area contributed by atoms with Crippen molar-refractivity contribution >= 4 is 24.1 Å². The van der Waals surface area contributed by atoms with E-state index in [0.717, 1.165) is 19.5 Å². The van der Waals surface area contributed by atoms with Gasteiger partial charge in [0, 0.05) is 25.2 Å². The fourth-order valence-corrected chi connectivity index (χ4v) is 2.48. The Kier molecular flexibility index (Phi) is 6.84. The van der Waals surface area contributed by atoms with Crippen molar-refractivity contribution in [2.24, 2.45) is 0 Å². The monoisotopic (exact) mass is 326 g/mol. The quantitative estimate of drug-likeness (QED) is 0.840. The van der Waals surface area contributed by atoms with E-state index in [9.17, 15) is 9.59 Å². The van der Waals surface area contributed by atoms with Gasteiger partial charge in [-0.15, -0.1) is 12.4 Å². The minimum Gasteiger partial charge on any atom is -0.481 e. The van der Waals surface area contributed by atoms with Gasteiger partial charge in [0.2, 0.25) is 0 Å². The van der Waals surface area contributed by atoms with Crippen LogP contribution in [0.4, 0.5) is 0 Å². The number of nitrogens with zero attached hydrogens (tertiary/aromatic N) is 1. The van der Waals surface area contributed by atoms with Crippen LogP contribution in [0.1, 0.15) is 30.6 Å². The topological polar surface area (TPSA) is 58.6 Å². The maximum absolute atomic E-state index is 12.4. The second-order valence-electron chi connectivity index (χ2n) is 5.44. The lowest BCUT2D eigenvalue weighted by Crippen LogP contribution is -2.44. The summed E-state index contributed by atoms with van der Waals surface area (Å²) < 4.78 is 5.68. The lowest BCUT2D eigenvalue weighted by Gasteiger charge is -2.27. The summed E-state index contributed by atoms with van der Waals surface area (Å²) in [6, 6.07) is 7.15.